The van der Waals surface area contributed by atoms with Crippen molar-refractivity contribution in [2.75, 3.05) is 0 Å². The van der Waals surface area contributed by atoms with Crippen LogP contribution < -0.4 is 0 Å². The van der Waals surface area contributed by atoms with Crippen LogP contribution >= 0.6 is 0 Å². The van der Waals surface area contributed by atoms with Gasteiger partial charge in [-0.1, -0.05) is 39.9 Å². The predicted molar refractivity (Wildman–Crippen MR) is 70.4 cm³/mol. The largest absolute Gasteiger partial charge is 0.393 e. The molecule has 0 rings (SSSR count). The molecule has 0 saturated heterocycles. The maximum absolute atomic E-state index is 9.64. The van der Waals surface area contributed by atoms with Crippen molar-refractivity contribution in [2.45, 2.75) is 65.3 Å². The van der Waals surface area contributed by atoms with Crippen LogP contribution in [0.1, 0.15) is 39.5 Å². The molecule has 2 atom stereocenters. The van der Waals surface area contributed by atoms with Crippen molar-refractivity contribution in [3.63, 3.8) is 0 Å². The Labute approximate surface area is 96.3 Å². The van der Waals surface area contributed by atoms with Gasteiger partial charge in [0.05, 0.1) is 6.10 Å². The molecule has 15 heavy (non-hydrogen) atoms. The van der Waals surface area contributed by atoms with Gasteiger partial charge in [-0.25, -0.2) is 0 Å². The van der Waals surface area contributed by atoms with Gasteiger partial charge in [0.1, 0.15) is 8.07 Å². The van der Waals surface area contributed by atoms with Crippen LogP contribution in [0.15, 0.2) is 0 Å². The molecule has 0 aromatic heterocycles. The zero-order valence-electron chi connectivity index (χ0n) is 10.9. The first-order valence-electron chi connectivity index (χ1n) is 6.03. The Kier molecular flexibility index (Phi) is 6.96. The molecule has 0 aliphatic carbocycles. The molecular weight excluding hydrogens is 200 g/mol. The number of hydrogen-bond donors (Lipinski definition) is 1. The van der Waals surface area contributed by atoms with Gasteiger partial charge in [0.15, 0.2) is 0 Å². The van der Waals surface area contributed by atoms with Gasteiger partial charge in [0.2, 0.25) is 0 Å². The molecule has 0 heterocycles. The summed E-state index contributed by atoms with van der Waals surface area (Å²) in [5.41, 5.74) is 3.37. The normalized spacial score (nSPS) is 15.3. The van der Waals surface area contributed by atoms with E-state index in [1.807, 2.05) is 0 Å². The van der Waals surface area contributed by atoms with E-state index in [9.17, 15) is 5.11 Å². The smallest absolute Gasteiger partial charge is 0.129 e. The topological polar surface area (TPSA) is 20.2 Å². The van der Waals surface area contributed by atoms with Gasteiger partial charge in [0, 0.05) is 6.42 Å². The van der Waals surface area contributed by atoms with Crippen LogP contribution in [0.4, 0.5) is 0 Å². The highest BCUT2D eigenvalue weighted by atomic mass is 28.3. The Hall–Kier alpha value is -0.263. The van der Waals surface area contributed by atoms with Crippen LogP contribution in [0.25, 0.3) is 0 Å². The summed E-state index contributed by atoms with van der Waals surface area (Å²) in [4.78, 5) is 0. The van der Waals surface area contributed by atoms with E-state index in [4.69, 9.17) is 0 Å². The monoisotopic (exact) mass is 226 g/mol. The summed E-state index contributed by atoms with van der Waals surface area (Å²) in [6, 6.07) is 0. The van der Waals surface area contributed by atoms with Crippen LogP contribution in [0.5, 0.6) is 0 Å². The van der Waals surface area contributed by atoms with Crippen LogP contribution in [-0.2, 0) is 0 Å². The minimum Gasteiger partial charge on any atom is -0.393 e. The van der Waals surface area contributed by atoms with E-state index in [-0.39, 0.29) is 6.10 Å². The first-order valence-corrected chi connectivity index (χ1v) is 9.53. The fourth-order valence-corrected chi connectivity index (χ4v) is 2.12. The van der Waals surface area contributed by atoms with Gasteiger partial charge < -0.3 is 5.11 Å². The molecule has 0 aliphatic heterocycles. The minimum atomic E-state index is -1.20. The molecule has 0 bridgehead atoms. The van der Waals surface area contributed by atoms with Crippen LogP contribution in [-0.4, -0.2) is 19.3 Å². The van der Waals surface area contributed by atoms with Gasteiger partial charge in [-0.2, -0.15) is 0 Å². The maximum Gasteiger partial charge on any atom is 0.129 e. The van der Waals surface area contributed by atoms with Gasteiger partial charge in [-0.3, -0.25) is 0 Å². The lowest BCUT2D eigenvalue weighted by atomic mass is 9.98. The number of rotatable bonds is 5. The van der Waals surface area contributed by atoms with Crippen LogP contribution in [0.2, 0.25) is 19.6 Å². The molecule has 2 heteroatoms. The van der Waals surface area contributed by atoms with Crippen molar-refractivity contribution < 1.29 is 5.11 Å². The second kappa shape index (κ2) is 7.08. The van der Waals surface area contributed by atoms with Gasteiger partial charge in [0.25, 0.3) is 0 Å². The lowest BCUT2D eigenvalue weighted by molar-refractivity contribution is 0.136. The van der Waals surface area contributed by atoms with Crippen LogP contribution in [0, 0.1) is 17.4 Å². The molecule has 0 saturated carbocycles. The zero-order valence-corrected chi connectivity index (χ0v) is 11.9. The highest BCUT2D eigenvalue weighted by molar-refractivity contribution is 6.83. The molecule has 0 aliphatic rings. The average Bonchev–Trinajstić information content (AvgIpc) is 2.01. The van der Waals surface area contributed by atoms with E-state index in [1.54, 1.807) is 0 Å². The molecular formula is C13H26OSi. The van der Waals surface area contributed by atoms with E-state index in [1.165, 1.54) is 0 Å². The Balaban J connectivity index is 3.82. The second-order valence-corrected chi connectivity index (χ2v) is 10.3. The summed E-state index contributed by atoms with van der Waals surface area (Å²) in [5, 5.41) is 9.64. The third kappa shape index (κ3) is 10.0. The standard InChI is InChI=1S/C13H26OSi/c1-6-8-13(14)11-12(2)9-7-10-15(3,4)5/h12-14H,6,8-9,11H2,1-5H3. The maximum atomic E-state index is 9.64. The number of aliphatic hydroxyl groups excluding tert-OH is 1. The summed E-state index contributed by atoms with van der Waals surface area (Å²) in [5.74, 6) is 3.80. The van der Waals surface area contributed by atoms with E-state index in [0.717, 1.165) is 25.7 Å². The Bertz CT molecular complexity index is 219. The molecule has 0 radical (unpaired) electrons. The Morgan fingerprint density at radius 1 is 1.27 bits per heavy atom. The summed E-state index contributed by atoms with van der Waals surface area (Å²) >= 11 is 0. The molecule has 88 valence electrons. The molecule has 0 spiro atoms. The fraction of sp³-hybridized carbons (Fsp3) is 0.846. The molecule has 0 aromatic carbocycles. The predicted octanol–water partition coefficient (Wildman–Crippen LogP) is 3.44. The van der Waals surface area contributed by atoms with Crippen molar-refractivity contribution >= 4 is 8.07 Å². The molecule has 1 N–H and O–H groups in total. The first-order chi connectivity index (χ1) is 6.85. The molecule has 1 nitrogen and oxygen atoms in total. The SMILES string of the molecule is CCCC(O)CC(C)CC#C[Si](C)(C)C. The highest BCUT2D eigenvalue weighted by Crippen LogP contribution is 2.13. The molecule has 0 aromatic rings. The van der Waals surface area contributed by atoms with Gasteiger partial charge in [-0.15, -0.1) is 11.5 Å². The Morgan fingerprint density at radius 3 is 2.33 bits per heavy atom. The van der Waals surface area contributed by atoms with Crippen molar-refractivity contribution in [2.24, 2.45) is 5.92 Å². The summed E-state index contributed by atoms with van der Waals surface area (Å²) in [6.45, 7) is 11.1. The second-order valence-electron chi connectivity index (χ2n) is 5.54. The zero-order chi connectivity index (χ0) is 11.9. The van der Waals surface area contributed by atoms with Crippen molar-refractivity contribution in [1.29, 1.82) is 0 Å². The molecule has 0 amide bonds. The summed E-state index contributed by atoms with van der Waals surface area (Å²) in [6.07, 6.45) is 3.69. The first kappa shape index (κ1) is 14.7. The number of aliphatic hydroxyl groups is 1. The van der Waals surface area contributed by atoms with Gasteiger partial charge >= 0.3 is 0 Å². The van der Waals surface area contributed by atoms with Crippen LogP contribution in [0.3, 0.4) is 0 Å². The van der Waals surface area contributed by atoms with Crippen molar-refractivity contribution in [3.8, 4) is 11.5 Å². The lowest BCUT2D eigenvalue weighted by Crippen LogP contribution is -2.16. The van der Waals surface area contributed by atoms with Crippen molar-refractivity contribution in [1.82, 2.24) is 0 Å². The number of hydrogen-bond acceptors (Lipinski definition) is 1. The fourth-order valence-electron chi connectivity index (χ4n) is 1.49. The van der Waals surface area contributed by atoms with Gasteiger partial charge in [-0.05, 0) is 18.8 Å². The third-order valence-corrected chi connectivity index (χ3v) is 3.14. The highest BCUT2D eigenvalue weighted by Gasteiger charge is 2.10. The van der Waals surface area contributed by atoms with E-state index >= 15 is 0 Å². The molecule has 0 fully saturated rings. The lowest BCUT2D eigenvalue weighted by Gasteiger charge is -2.13. The quantitative estimate of drug-likeness (QED) is 0.562. The minimum absolute atomic E-state index is 0.126. The van der Waals surface area contributed by atoms with E-state index in [0.29, 0.717) is 5.92 Å². The Morgan fingerprint density at radius 2 is 1.87 bits per heavy atom. The average molecular weight is 226 g/mol. The summed E-state index contributed by atoms with van der Waals surface area (Å²) < 4.78 is 0. The summed E-state index contributed by atoms with van der Waals surface area (Å²) in [7, 11) is -1.20. The van der Waals surface area contributed by atoms with E-state index in [2.05, 4.69) is 45.0 Å². The molecule has 2 unspecified atom stereocenters. The van der Waals surface area contributed by atoms with Crippen molar-refractivity contribution in [3.05, 3.63) is 0 Å². The van der Waals surface area contributed by atoms with E-state index < -0.39 is 8.07 Å². The third-order valence-electron chi connectivity index (χ3n) is 2.21.